The van der Waals surface area contributed by atoms with Crippen LogP contribution in [-0.2, 0) is 18.3 Å². The molecule has 0 amide bonds. The quantitative estimate of drug-likeness (QED) is 0.383. The van der Waals surface area contributed by atoms with Gasteiger partial charge in [0.1, 0.15) is 11.5 Å². The number of hydrogen-bond donors (Lipinski definition) is 1. The lowest BCUT2D eigenvalue weighted by Crippen LogP contribution is -2.59. The van der Waals surface area contributed by atoms with Crippen LogP contribution in [-0.4, -0.2) is 84.4 Å². The highest BCUT2D eigenvalue weighted by atomic mass is 19.1. The monoisotopic (exact) mass is 531 g/mol. The number of ether oxygens (including phenoxy) is 1. The lowest BCUT2D eigenvalue weighted by molar-refractivity contribution is -0.0855. The van der Waals surface area contributed by atoms with Gasteiger partial charge in [-0.25, -0.2) is 24.3 Å². The number of aryl methyl sites for hydroxylation is 1. The zero-order valence-corrected chi connectivity index (χ0v) is 22.8. The maximum Gasteiger partial charge on any atom is 0.229 e. The highest BCUT2D eigenvalue weighted by Crippen LogP contribution is 2.29. The van der Waals surface area contributed by atoms with Gasteiger partial charge in [0.15, 0.2) is 11.5 Å². The summed E-state index contributed by atoms with van der Waals surface area (Å²) in [5.74, 6) is 0.599. The molecule has 11 heteroatoms. The van der Waals surface area contributed by atoms with Crippen LogP contribution in [0, 0.1) is 5.82 Å². The molecule has 6 heterocycles. The summed E-state index contributed by atoms with van der Waals surface area (Å²) in [6.07, 6.45) is 4.65. The number of anilines is 2. The van der Waals surface area contributed by atoms with Crippen molar-refractivity contribution in [2.24, 2.45) is 7.05 Å². The molecule has 1 atom stereocenters. The van der Waals surface area contributed by atoms with E-state index >= 15 is 0 Å². The summed E-state index contributed by atoms with van der Waals surface area (Å²) in [5.41, 5.74) is 3.57. The van der Waals surface area contributed by atoms with E-state index in [1.807, 2.05) is 30.1 Å². The molecule has 4 aromatic heterocycles. The second-order valence-corrected chi connectivity index (χ2v) is 10.8. The largest absolute Gasteiger partial charge is 0.378 e. The van der Waals surface area contributed by atoms with E-state index < -0.39 is 5.82 Å². The van der Waals surface area contributed by atoms with Gasteiger partial charge in [0.25, 0.3) is 0 Å². The Morgan fingerprint density at radius 2 is 1.95 bits per heavy atom. The van der Waals surface area contributed by atoms with Gasteiger partial charge in [0, 0.05) is 62.6 Å². The van der Waals surface area contributed by atoms with Crippen LogP contribution in [0.15, 0.2) is 36.8 Å². The fraction of sp³-hybridized carbons (Fsp3) is 0.464. The molecular formula is C28H34FN9O. The van der Waals surface area contributed by atoms with Crippen molar-refractivity contribution in [2.45, 2.75) is 45.3 Å². The van der Waals surface area contributed by atoms with Crippen LogP contribution >= 0.6 is 0 Å². The number of hydrogen-bond acceptors (Lipinski definition) is 9. The van der Waals surface area contributed by atoms with Crippen molar-refractivity contribution < 1.29 is 9.13 Å². The summed E-state index contributed by atoms with van der Waals surface area (Å²) >= 11 is 0. The normalized spacial score (nSPS) is 19.1. The Hall–Kier alpha value is -3.54. The van der Waals surface area contributed by atoms with Crippen molar-refractivity contribution in [2.75, 3.05) is 38.2 Å². The molecule has 0 aliphatic carbocycles. The second-order valence-electron chi connectivity index (χ2n) is 10.8. The third-order valence-corrected chi connectivity index (χ3v) is 7.68. The molecule has 2 aliphatic rings. The van der Waals surface area contributed by atoms with Gasteiger partial charge in [0.05, 0.1) is 31.1 Å². The van der Waals surface area contributed by atoms with Crippen LogP contribution in [0.2, 0.25) is 0 Å². The van der Waals surface area contributed by atoms with Gasteiger partial charge in [-0.05, 0) is 30.5 Å². The molecule has 0 saturated carbocycles. The standard InChI is InChI=1S/C28H34FN9O/c1-17(2)26-22-9-20(11-31-27(22)35-36(26)4)25-23(29)12-32-28(34-25)33-24-6-5-19(10-30-24)14-37-7-8-38(13-18(37)3)21-15-39-16-21/h5-6,9-12,17-18,21H,7-8,13-16H2,1-4H3,(H,30,32,33,34)/t18-/m0/s1. The second kappa shape index (κ2) is 10.6. The van der Waals surface area contributed by atoms with E-state index in [4.69, 9.17) is 4.74 Å². The van der Waals surface area contributed by atoms with Crippen molar-refractivity contribution in [1.29, 1.82) is 0 Å². The highest BCUT2D eigenvalue weighted by molar-refractivity contribution is 5.83. The zero-order chi connectivity index (χ0) is 27.1. The lowest BCUT2D eigenvalue weighted by Gasteiger charge is -2.45. The molecule has 0 spiro atoms. The van der Waals surface area contributed by atoms with Crippen molar-refractivity contribution in [3.63, 3.8) is 0 Å². The van der Waals surface area contributed by atoms with Gasteiger partial charge in [-0.15, -0.1) is 0 Å². The number of aromatic nitrogens is 6. The van der Waals surface area contributed by atoms with Gasteiger partial charge in [-0.1, -0.05) is 19.9 Å². The highest BCUT2D eigenvalue weighted by Gasteiger charge is 2.32. The SMILES string of the molecule is CC(C)c1c2cc(-c3nc(Nc4ccc(CN5CCN(C6COC6)C[C@@H]5C)cn4)ncc3F)cnc2nn1C. The first-order chi connectivity index (χ1) is 18.9. The van der Waals surface area contributed by atoms with E-state index in [1.165, 1.54) is 6.20 Å². The van der Waals surface area contributed by atoms with E-state index in [9.17, 15) is 4.39 Å². The molecule has 2 saturated heterocycles. The Balaban J connectivity index is 1.15. The summed E-state index contributed by atoms with van der Waals surface area (Å²) in [4.78, 5) is 22.7. The van der Waals surface area contributed by atoms with Gasteiger partial charge in [0.2, 0.25) is 5.95 Å². The Morgan fingerprint density at radius 3 is 2.64 bits per heavy atom. The van der Waals surface area contributed by atoms with Crippen LogP contribution < -0.4 is 5.32 Å². The van der Waals surface area contributed by atoms with Crippen LogP contribution in [0.3, 0.4) is 0 Å². The maximum atomic E-state index is 14.8. The number of fused-ring (bicyclic) bond motifs is 1. The maximum absolute atomic E-state index is 14.8. The Bertz CT molecular complexity index is 1470. The molecule has 2 aliphatic heterocycles. The van der Waals surface area contributed by atoms with Crippen molar-refractivity contribution in [3.05, 3.63) is 53.9 Å². The molecule has 2 fully saturated rings. The number of halogens is 1. The molecule has 10 nitrogen and oxygen atoms in total. The average molecular weight is 532 g/mol. The minimum atomic E-state index is -0.515. The first kappa shape index (κ1) is 25.7. The number of nitrogens with zero attached hydrogens (tertiary/aromatic N) is 8. The number of nitrogens with one attached hydrogen (secondary N) is 1. The first-order valence-electron chi connectivity index (χ1n) is 13.5. The van der Waals surface area contributed by atoms with Gasteiger partial charge in [-0.2, -0.15) is 5.10 Å². The van der Waals surface area contributed by atoms with Crippen LogP contribution in [0.5, 0.6) is 0 Å². The average Bonchev–Trinajstić information content (AvgIpc) is 3.22. The third-order valence-electron chi connectivity index (χ3n) is 7.68. The third kappa shape index (κ3) is 5.21. The first-order valence-corrected chi connectivity index (χ1v) is 13.5. The molecule has 0 radical (unpaired) electrons. The molecule has 0 aromatic carbocycles. The fourth-order valence-corrected chi connectivity index (χ4v) is 5.51. The van der Waals surface area contributed by atoms with Crippen LogP contribution in [0.25, 0.3) is 22.3 Å². The van der Waals surface area contributed by atoms with Crippen LogP contribution in [0.4, 0.5) is 16.2 Å². The zero-order valence-electron chi connectivity index (χ0n) is 22.8. The van der Waals surface area contributed by atoms with E-state index in [0.717, 1.165) is 56.0 Å². The number of piperazine rings is 1. The molecular weight excluding hydrogens is 497 g/mol. The summed E-state index contributed by atoms with van der Waals surface area (Å²) in [6.45, 7) is 12.2. The molecule has 6 rings (SSSR count). The summed E-state index contributed by atoms with van der Waals surface area (Å²) in [7, 11) is 1.90. The lowest BCUT2D eigenvalue weighted by atomic mass is 10.1. The van der Waals surface area contributed by atoms with E-state index in [-0.39, 0.29) is 17.6 Å². The van der Waals surface area contributed by atoms with Gasteiger partial charge in [-0.3, -0.25) is 14.5 Å². The minimum absolute atomic E-state index is 0.179. The van der Waals surface area contributed by atoms with Crippen molar-refractivity contribution >= 4 is 22.8 Å². The molecule has 0 bridgehead atoms. The Labute approximate surface area is 227 Å². The van der Waals surface area contributed by atoms with Gasteiger partial charge >= 0.3 is 0 Å². The van der Waals surface area contributed by atoms with Crippen molar-refractivity contribution in [1.82, 2.24) is 39.5 Å². The predicted molar refractivity (Wildman–Crippen MR) is 147 cm³/mol. The van der Waals surface area contributed by atoms with Crippen LogP contribution in [0.1, 0.15) is 37.9 Å². The summed E-state index contributed by atoms with van der Waals surface area (Å²) in [5, 5.41) is 8.48. The van der Waals surface area contributed by atoms with E-state index in [1.54, 1.807) is 6.20 Å². The molecule has 39 heavy (non-hydrogen) atoms. The predicted octanol–water partition coefficient (Wildman–Crippen LogP) is 3.73. The molecule has 4 aromatic rings. The topological polar surface area (TPSA) is 97.1 Å². The van der Waals surface area contributed by atoms with E-state index in [0.29, 0.717) is 29.1 Å². The smallest absolute Gasteiger partial charge is 0.229 e. The Morgan fingerprint density at radius 1 is 1.10 bits per heavy atom. The molecule has 204 valence electrons. The summed E-state index contributed by atoms with van der Waals surface area (Å²) in [6, 6.07) is 6.93. The number of rotatable bonds is 7. The minimum Gasteiger partial charge on any atom is -0.378 e. The molecule has 1 N–H and O–H groups in total. The molecule has 0 unspecified atom stereocenters. The summed E-state index contributed by atoms with van der Waals surface area (Å²) < 4.78 is 22.0. The number of pyridine rings is 2. The van der Waals surface area contributed by atoms with E-state index in [2.05, 4.69) is 67.0 Å². The Kier molecular flexibility index (Phi) is 6.96. The van der Waals surface area contributed by atoms with Crippen molar-refractivity contribution in [3.8, 4) is 11.3 Å². The fourth-order valence-electron chi connectivity index (χ4n) is 5.51. The van der Waals surface area contributed by atoms with Gasteiger partial charge < -0.3 is 10.1 Å².